The van der Waals surface area contributed by atoms with Gasteiger partial charge < -0.3 is 5.73 Å². The van der Waals surface area contributed by atoms with Gasteiger partial charge in [-0.25, -0.2) is 4.98 Å². The van der Waals surface area contributed by atoms with Crippen molar-refractivity contribution >= 4 is 23.3 Å². The summed E-state index contributed by atoms with van der Waals surface area (Å²) in [6, 6.07) is 4.04. The van der Waals surface area contributed by atoms with Gasteiger partial charge in [0.2, 0.25) is 0 Å². The van der Waals surface area contributed by atoms with Crippen LogP contribution in [0, 0.1) is 6.92 Å². The molecule has 2 N–H and O–H groups in total. The van der Waals surface area contributed by atoms with Gasteiger partial charge in [-0.05, 0) is 43.1 Å². The normalized spacial score (nSPS) is 14.5. The number of pyridine rings is 1. The van der Waals surface area contributed by atoms with Crippen LogP contribution >= 0.6 is 23.3 Å². The van der Waals surface area contributed by atoms with Gasteiger partial charge in [-0.2, -0.15) is 4.37 Å². The molecule has 0 radical (unpaired) electrons. The molecule has 0 bridgehead atoms. The zero-order chi connectivity index (χ0) is 12.3. The summed E-state index contributed by atoms with van der Waals surface area (Å²) in [4.78, 5) is 8.38. The van der Waals surface area contributed by atoms with E-state index in [1.807, 2.05) is 26.0 Å². The Morgan fingerprint density at radius 2 is 2.06 bits per heavy atom. The van der Waals surface area contributed by atoms with Crippen molar-refractivity contribution in [3.05, 3.63) is 35.9 Å². The van der Waals surface area contributed by atoms with E-state index in [-0.39, 0.29) is 11.3 Å². The van der Waals surface area contributed by atoms with E-state index in [1.165, 1.54) is 17.1 Å². The molecule has 0 amide bonds. The lowest BCUT2D eigenvalue weighted by Gasteiger charge is -2.18. The van der Waals surface area contributed by atoms with Gasteiger partial charge in [-0.1, -0.05) is 11.8 Å². The quantitative estimate of drug-likeness (QED) is 0.861. The van der Waals surface area contributed by atoms with Crippen LogP contribution in [0.15, 0.2) is 28.9 Å². The second-order valence-corrected chi connectivity index (χ2v) is 5.93. The molecule has 2 aromatic heterocycles. The molecular formula is C11H14N4S2. The minimum atomic E-state index is 0.0478. The fraction of sp³-hybridized carbons (Fsp3) is 0.364. The van der Waals surface area contributed by atoms with Crippen molar-refractivity contribution < 1.29 is 0 Å². The average molecular weight is 266 g/mol. The Morgan fingerprint density at radius 3 is 2.59 bits per heavy atom. The van der Waals surface area contributed by atoms with Gasteiger partial charge in [0.05, 0.1) is 5.25 Å². The van der Waals surface area contributed by atoms with Crippen LogP contribution in [0.1, 0.15) is 23.6 Å². The predicted molar refractivity (Wildman–Crippen MR) is 71.1 cm³/mol. The Balaban J connectivity index is 2.19. The smallest absolute Gasteiger partial charge is 0.170 e. The molecule has 2 rings (SSSR count). The number of hydrogen-bond donors (Lipinski definition) is 1. The van der Waals surface area contributed by atoms with Crippen molar-refractivity contribution in [1.82, 2.24) is 14.3 Å². The first-order chi connectivity index (χ1) is 8.16. The van der Waals surface area contributed by atoms with E-state index in [0.717, 1.165) is 10.2 Å². The Labute approximate surface area is 109 Å². The molecule has 0 aliphatic heterocycles. The van der Waals surface area contributed by atoms with Gasteiger partial charge in [-0.15, -0.1) is 0 Å². The minimum absolute atomic E-state index is 0.0478. The Kier molecular flexibility index (Phi) is 4.09. The molecular weight excluding hydrogens is 252 g/mol. The van der Waals surface area contributed by atoms with Crippen molar-refractivity contribution in [2.24, 2.45) is 5.73 Å². The largest absolute Gasteiger partial charge is 0.327 e. The molecule has 0 fully saturated rings. The maximum Gasteiger partial charge on any atom is 0.170 e. The molecule has 4 nitrogen and oxygen atoms in total. The zero-order valence-corrected chi connectivity index (χ0v) is 11.3. The highest BCUT2D eigenvalue weighted by Gasteiger charge is 2.19. The van der Waals surface area contributed by atoms with Crippen LogP contribution in [-0.2, 0) is 0 Å². The fourth-order valence-corrected chi connectivity index (χ4v) is 3.40. The average Bonchev–Trinajstić information content (AvgIpc) is 2.73. The summed E-state index contributed by atoms with van der Waals surface area (Å²) in [5, 5.41) is 0.186. The first-order valence-electron chi connectivity index (χ1n) is 5.29. The number of nitrogens with zero attached hydrogens (tertiary/aromatic N) is 3. The second kappa shape index (κ2) is 5.57. The van der Waals surface area contributed by atoms with E-state index in [4.69, 9.17) is 5.73 Å². The molecule has 0 saturated heterocycles. The lowest BCUT2D eigenvalue weighted by molar-refractivity contribution is 0.720. The topological polar surface area (TPSA) is 64.7 Å². The number of aromatic nitrogens is 3. The molecule has 90 valence electrons. The van der Waals surface area contributed by atoms with E-state index in [0.29, 0.717) is 0 Å². The van der Waals surface area contributed by atoms with Crippen LogP contribution < -0.4 is 5.73 Å². The van der Waals surface area contributed by atoms with Crippen LogP contribution in [0.5, 0.6) is 0 Å². The first-order valence-corrected chi connectivity index (χ1v) is 6.94. The molecule has 0 saturated carbocycles. The number of hydrogen-bond acceptors (Lipinski definition) is 6. The van der Waals surface area contributed by atoms with Gasteiger partial charge in [0.25, 0.3) is 0 Å². The molecule has 2 atom stereocenters. The number of rotatable bonds is 4. The molecule has 6 heteroatoms. The van der Waals surface area contributed by atoms with Crippen molar-refractivity contribution in [3.8, 4) is 0 Å². The standard InChI is InChI=1S/C11H14N4S2/c1-7(12)10(9-3-5-13-6-4-9)16-11-14-8(2)15-17-11/h3-7,10H,12H2,1-2H3. The highest BCUT2D eigenvalue weighted by atomic mass is 32.2. The van der Waals surface area contributed by atoms with Crippen LogP contribution in [0.2, 0.25) is 0 Å². The summed E-state index contributed by atoms with van der Waals surface area (Å²) in [7, 11) is 0. The zero-order valence-electron chi connectivity index (χ0n) is 9.70. The maximum absolute atomic E-state index is 6.04. The van der Waals surface area contributed by atoms with Crippen LogP contribution in [-0.4, -0.2) is 20.4 Å². The number of thioether (sulfide) groups is 1. The molecule has 2 aromatic rings. The molecule has 2 heterocycles. The van der Waals surface area contributed by atoms with Crippen LogP contribution in [0.25, 0.3) is 0 Å². The summed E-state index contributed by atoms with van der Waals surface area (Å²) >= 11 is 3.08. The summed E-state index contributed by atoms with van der Waals surface area (Å²) < 4.78 is 5.14. The third-order valence-electron chi connectivity index (χ3n) is 2.25. The molecule has 17 heavy (non-hydrogen) atoms. The van der Waals surface area contributed by atoms with E-state index in [2.05, 4.69) is 14.3 Å². The Morgan fingerprint density at radius 1 is 1.35 bits per heavy atom. The van der Waals surface area contributed by atoms with Crippen molar-refractivity contribution in [3.63, 3.8) is 0 Å². The molecule has 0 aliphatic rings. The van der Waals surface area contributed by atoms with Gasteiger partial charge in [0.15, 0.2) is 4.34 Å². The Bertz CT molecular complexity index is 469. The van der Waals surface area contributed by atoms with Gasteiger partial charge in [-0.3, -0.25) is 4.98 Å². The van der Waals surface area contributed by atoms with Gasteiger partial charge in [0.1, 0.15) is 5.82 Å². The lowest BCUT2D eigenvalue weighted by Crippen LogP contribution is -2.22. The molecule has 0 spiro atoms. The third-order valence-corrected chi connectivity index (χ3v) is 4.61. The van der Waals surface area contributed by atoms with Crippen LogP contribution in [0.4, 0.5) is 0 Å². The van der Waals surface area contributed by atoms with Crippen molar-refractivity contribution in [2.45, 2.75) is 29.5 Å². The lowest BCUT2D eigenvalue weighted by atomic mass is 10.1. The maximum atomic E-state index is 6.04. The monoisotopic (exact) mass is 266 g/mol. The Hall–Kier alpha value is -0.980. The summed E-state index contributed by atoms with van der Waals surface area (Å²) in [6.07, 6.45) is 3.58. The van der Waals surface area contributed by atoms with Gasteiger partial charge in [0, 0.05) is 18.4 Å². The van der Waals surface area contributed by atoms with E-state index in [1.54, 1.807) is 24.2 Å². The summed E-state index contributed by atoms with van der Waals surface area (Å²) in [5.74, 6) is 0.815. The predicted octanol–water partition coefficient (Wildman–Crippen LogP) is 2.42. The summed E-state index contributed by atoms with van der Waals surface area (Å²) in [6.45, 7) is 3.90. The first kappa shape index (κ1) is 12.5. The van der Waals surface area contributed by atoms with Gasteiger partial charge >= 0.3 is 0 Å². The highest BCUT2D eigenvalue weighted by Crippen LogP contribution is 2.37. The second-order valence-electron chi connectivity index (χ2n) is 3.79. The van der Waals surface area contributed by atoms with Crippen molar-refractivity contribution in [2.75, 3.05) is 0 Å². The number of nitrogens with two attached hydrogens (primary N) is 1. The SMILES string of the molecule is Cc1nsc(SC(c2ccncc2)C(C)N)n1. The van der Waals surface area contributed by atoms with E-state index >= 15 is 0 Å². The summed E-state index contributed by atoms with van der Waals surface area (Å²) in [5.41, 5.74) is 7.21. The van der Waals surface area contributed by atoms with E-state index in [9.17, 15) is 0 Å². The molecule has 0 aliphatic carbocycles. The fourth-order valence-electron chi connectivity index (χ4n) is 1.47. The molecule has 2 unspecified atom stereocenters. The van der Waals surface area contributed by atoms with Crippen molar-refractivity contribution in [1.29, 1.82) is 0 Å². The van der Waals surface area contributed by atoms with Crippen LogP contribution in [0.3, 0.4) is 0 Å². The van der Waals surface area contributed by atoms with E-state index < -0.39 is 0 Å². The minimum Gasteiger partial charge on any atom is -0.327 e. The number of aryl methyl sites for hydroxylation is 1. The highest BCUT2D eigenvalue weighted by molar-refractivity contribution is 8.01. The molecule has 0 aromatic carbocycles. The third kappa shape index (κ3) is 3.24.